The van der Waals surface area contributed by atoms with E-state index >= 15 is 0 Å². The maximum Gasteiger partial charge on any atom is 0.340 e. The van der Waals surface area contributed by atoms with Crippen LogP contribution >= 0.6 is 7.37 Å². The summed E-state index contributed by atoms with van der Waals surface area (Å²) >= 11 is 0. The minimum Gasteiger partial charge on any atom is -0.329 e. The van der Waals surface area contributed by atoms with Crippen LogP contribution in [0.1, 0.15) is 34.1 Å². The quantitative estimate of drug-likeness (QED) is 0.608. The Morgan fingerprint density at radius 2 is 1.74 bits per heavy atom. The Kier molecular flexibility index (Phi) is 5.60. The van der Waals surface area contributed by atoms with Crippen molar-refractivity contribution in [1.82, 2.24) is 0 Å². The van der Waals surface area contributed by atoms with Crippen LogP contribution in [0.4, 0.5) is 0 Å². The smallest absolute Gasteiger partial charge is 0.329 e. The second-order valence-corrected chi connectivity index (χ2v) is 7.06. The molecule has 1 unspecified atom stereocenters. The van der Waals surface area contributed by atoms with Gasteiger partial charge in [0.05, 0.1) is 12.2 Å². The summed E-state index contributed by atoms with van der Waals surface area (Å²) in [6.45, 7) is 3.68. The largest absolute Gasteiger partial charge is 0.340 e. The molecule has 1 aromatic rings. The van der Waals surface area contributed by atoms with Crippen molar-refractivity contribution in [2.24, 2.45) is 0 Å². The molecule has 0 aliphatic carbocycles. The highest BCUT2D eigenvalue weighted by molar-refractivity contribution is 7.58. The number of ketones is 1. The molecule has 0 aliphatic rings. The van der Waals surface area contributed by atoms with Gasteiger partial charge in [-0.2, -0.15) is 0 Å². The lowest BCUT2D eigenvalue weighted by atomic mass is 10.1. The van der Waals surface area contributed by atoms with E-state index in [1.807, 2.05) is 0 Å². The molecule has 0 radical (unpaired) electrons. The van der Waals surface area contributed by atoms with Crippen LogP contribution in [0.15, 0.2) is 24.3 Å². The molecule has 0 fully saturated rings. The Morgan fingerprint density at radius 1 is 1.21 bits per heavy atom. The van der Waals surface area contributed by atoms with E-state index in [4.69, 9.17) is 4.52 Å². The normalized spacial score (nSPS) is 13.8. The van der Waals surface area contributed by atoms with Gasteiger partial charge in [0.25, 0.3) is 0 Å². The standard InChI is InChI=1S/C13H18NO4P/c1-3-18-19(2,17)9-8-12(15)10-4-6-11(7-5-10)13(14)16/h4-7H,3,8-9H2,1-2H3,(H2,14,16)/p+1. The average molecular weight is 284 g/mol. The van der Waals surface area contributed by atoms with Crippen molar-refractivity contribution in [2.75, 3.05) is 19.4 Å². The summed E-state index contributed by atoms with van der Waals surface area (Å²) in [6, 6.07) is 6.30. The molecule has 0 bridgehead atoms. The third-order valence-electron chi connectivity index (χ3n) is 2.68. The van der Waals surface area contributed by atoms with Crippen molar-refractivity contribution < 1.29 is 24.4 Å². The van der Waals surface area contributed by atoms with E-state index in [-0.39, 0.29) is 24.3 Å². The van der Waals surface area contributed by atoms with Gasteiger partial charge < -0.3 is 4.52 Å². The maximum absolute atomic E-state index is 11.9. The van der Waals surface area contributed by atoms with E-state index in [9.17, 15) is 14.2 Å². The SMILES string of the molecule is CCOP(C)(=O)CCC(=O)c1ccc(C([NH3+])=O)cc1. The number of Topliss-reactive ketones (excluding diaryl/α,β-unsaturated/α-hetero) is 1. The summed E-state index contributed by atoms with van der Waals surface area (Å²) in [5, 5.41) is 0. The predicted molar refractivity (Wildman–Crippen MR) is 72.6 cm³/mol. The molecule has 0 heterocycles. The van der Waals surface area contributed by atoms with Gasteiger partial charge in [0.1, 0.15) is 0 Å². The van der Waals surface area contributed by atoms with Crippen LogP contribution < -0.4 is 5.73 Å². The van der Waals surface area contributed by atoms with Gasteiger partial charge in [-0.3, -0.25) is 15.1 Å². The molecule has 19 heavy (non-hydrogen) atoms. The molecular weight excluding hydrogens is 265 g/mol. The second kappa shape index (κ2) is 6.75. The zero-order chi connectivity index (χ0) is 14.5. The van der Waals surface area contributed by atoms with E-state index in [0.29, 0.717) is 17.7 Å². The molecule has 6 heteroatoms. The number of hydrogen-bond donors (Lipinski definition) is 1. The minimum absolute atomic E-state index is 0.107. The maximum atomic E-state index is 11.9. The fourth-order valence-corrected chi connectivity index (χ4v) is 2.91. The van der Waals surface area contributed by atoms with E-state index < -0.39 is 7.37 Å². The Balaban J connectivity index is 2.64. The highest BCUT2D eigenvalue weighted by atomic mass is 31.2. The van der Waals surface area contributed by atoms with Gasteiger partial charge in [-0.25, -0.2) is 4.79 Å². The third-order valence-corrected chi connectivity index (χ3v) is 4.52. The number of carbonyl (C=O) groups excluding carboxylic acids is 2. The predicted octanol–water partition coefficient (Wildman–Crippen LogP) is 1.59. The van der Waals surface area contributed by atoms with Gasteiger partial charge in [0.2, 0.25) is 7.37 Å². The van der Waals surface area contributed by atoms with Crippen LogP contribution in [0, 0.1) is 0 Å². The second-order valence-electron chi connectivity index (χ2n) is 4.33. The average Bonchev–Trinajstić information content (AvgIpc) is 2.36. The summed E-state index contributed by atoms with van der Waals surface area (Å²) in [5.74, 6) is -0.391. The topological polar surface area (TPSA) is 88.1 Å². The van der Waals surface area contributed by atoms with Gasteiger partial charge in [-0.1, -0.05) is 12.1 Å². The molecule has 1 aromatic carbocycles. The fraction of sp³-hybridized carbons (Fsp3) is 0.385. The van der Waals surface area contributed by atoms with Crippen LogP contribution in [0.3, 0.4) is 0 Å². The Hall–Kier alpha value is -1.29. The van der Waals surface area contributed by atoms with Crippen molar-refractivity contribution in [1.29, 1.82) is 0 Å². The number of rotatable bonds is 7. The lowest BCUT2D eigenvalue weighted by molar-refractivity contribution is -0.255. The number of hydrogen-bond acceptors (Lipinski definition) is 4. The molecule has 1 amide bonds. The van der Waals surface area contributed by atoms with Crippen LogP contribution in [0.25, 0.3) is 0 Å². The van der Waals surface area contributed by atoms with Gasteiger partial charge in [-0.05, 0) is 19.1 Å². The van der Waals surface area contributed by atoms with Gasteiger partial charge >= 0.3 is 5.91 Å². The summed E-state index contributed by atoms with van der Waals surface area (Å²) in [5.41, 5.74) is 4.26. The number of amides is 1. The Bertz CT molecular complexity index is 510. The molecule has 0 saturated carbocycles. The van der Waals surface area contributed by atoms with Crippen LogP contribution in [-0.2, 0) is 9.09 Å². The van der Waals surface area contributed by atoms with Crippen molar-refractivity contribution in [2.45, 2.75) is 13.3 Å². The molecule has 0 saturated heterocycles. The molecule has 5 nitrogen and oxygen atoms in total. The molecule has 1 rings (SSSR count). The van der Waals surface area contributed by atoms with E-state index in [0.717, 1.165) is 0 Å². The molecule has 104 valence electrons. The summed E-state index contributed by atoms with van der Waals surface area (Å²) < 4.78 is 17.0. The number of quaternary nitrogens is 1. The molecule has 0 aliphatic heterocycles. The van der Waals surface area contributed by atoms with Crippen LogP contribution in [-0.4, -0.2) is 31.1 Å². The fourth-order valence-electron chi connectivity index (χ4n) is 1.63. The number of benzene rings is 1. The lowest BCUT2D eigenvalue weighted by Gasteiger charge is -2.11. The first kappa shape index (κ1) is 15.8. The van der Waals surface area contributed by atoms with Crippen LogP contribution in [0.2, 0.25) is 0 Å². The molecular formula is C13H19NO4P+. The summed E-state index contributed by atoms with van der Waals surface area (Å²) in [4.78, 5) is 22.9. The third kappa shape index (κ3) is 5.07. The molecule has 0 aromatic heterocycles. The lowest BCUT2D eigenvalue weighted by Crippen LogP contribution is -2.56. The summed E-state index contributed by atoms with van der Waals surface area (Å²) in [6.07, 6.45) is 0.404. The number of carbonyl (C=O) groups is 2. The van der Waals surface area contributed by atoms with Gasteiger partial charge in [-0.15, -0.1) is 0 Å². The van der Waals surface area contributed by atoms with Gasteiger partial charge in [0, 0.05) is 24.8 Å². The zero-order valence-electron chi connectivity index (χ0n) is 11.2. The van der Waals surface area contributed by atoms with E-state index in [1.165, 1.54) is 6.66 Å². The van der Waals surface area contributed by atoms with E-state index in [1.54, 1.807) is 31.2 Å². The monoisotopic (exact) mass is 284 g/mol. The van der Waals surface area contributed by atoms with Crippen molar-refractivity contribution in [3.05, 3.63) is 35.4 Å². The highest BCUT2D eigenvalue weighted by Gasteiger charge is 2.18. The molecule has 1 atom stereocenters. The first-order chi connectivity index (χ1) is 8.85. The summed E-state index contributed by atoms with van der Waals surface area (Å²) in [7, 11) is -2.68. The first-order valence-electron chi connectivity index (χ1n) is 6.06. The first-order valence-corrected chi connectivity index (χ1v) is 8.32. The van der Waals surface area contributed by atoms with Gasteiger partial charge in [0.15, 0.2) is 5.78 Å². The van der Waals surface area contributed by atoms with Crippen molar-refractivity contribution in [3.8, 4) is 0 Å². The highest BCUT2D eigenvalue weighted by Crippen LogP contribution is 2.42. The van der Waals surface area contributed by atoms with Crippen LogP contribution in [0.5, 0.6) is 0 Å². The van der Waals surface area contributed by atoms with Crippen molar-refractivity contribution in [3.63, 3.8) is 0 Å². The minimum atomic E-state index is -2.68. The van der Waals surface area contributed by atoms with Crippen molar-refractivity contribution >= 4 is 19.1 Å². The van der Waals surface area contributed by atoms with E-state index in [2.05, 4.69) is 5.73 Å². The molecule has 0 spiro atoms. The Morgan fingerprint density at radius 3 is 2.21 bits per heavy atom. The Labute approximate surface area is 112 Å². The molecule has 3 N–H and O–H groups in total. The zero-order valence-corrected chi connectivity index (χ0v) is 12.1.